The van der Waals surface area contributed by atoms with Gasteiger partial charge in [0.25, 0.3) is 0 Å². The molecular weight excluding hydrogens is 735 g/mol. The van der Waals surface area contributed by atoms with E-state index >= 15 is 0 Å². The summed E-state index contributed by atoms with van der Waals surface area (Å²) in [6.45, 7) is 8.24. The van der Waals surface area contributed by atoms with E-state index in [4.69, 9.17) is 28.3 Å². The highest BCUT2D eigenvalue weighted by atomic mass is 35.5. The maximum Gasteiger partial charge on any atom is 0.211 e. The van der Waals surface area contributed by atoms with E-state index in [1.165, 1.54) is 23.1 Å². The lowest BCUT2D eigenvalue weighted by atomic mass is 10.0. The molecule has 4 aromatic carbocycles. The number of para-hydroxylation sites is 1. The second kappa shape index (κ2) is 17.1. The number of aryl methyl sites for hydroxylation is 1. The number of anilines is 1. The zero-order chi connectivity index (χ0) is 37.7. The summed E-state index contributed by atoms with van der Waals surface area (Å²) in [7, 11) is -1.26. The fraction of sp³-hybridized carbons (Fsp3) is 0.326. The summed E-state index contributed by atoms with van der Waals surface area (Å²) in [5.41, 5.74) is 9.04. The molecule has 0 spiro atoms. The molecule has 1 saturated heterocycles. The Bertz CT molecular complexity index is 2220. The van der Waals surface area contributed by atoms with Gasteiger partial charge in [-0.25, -0.2) is 8.42 Å². The van der Waals surface area contributed by atoms with Gasteiger partial charge in [0.1, 0.15) is 0 Å². The van der Waals surface area contributed by atoms with E-state index in [9.17, 15) is 8.42 Å². The van der Waals surface area contributed by atoms with E-state index in [0.717, 1.165) is 91.9 Å². The molecule has 54 heavy (non-hydrogen) atoms. The fourth-order valence-corrected chi connectivity index (χ4v) is 8.43. The van der Waals surface area contributed by atoms with Gasteiger partial charge in [0.05, 0.1) is 17.0 Å². The van der Waals surface area contributed by atoms with Crippen LogP contribution in [0.15, 0.2) is 97.1 Å². The van der Waals surface area contributed by atoms with Crippen LogP contribution in [0.25, 0.3) is 11.3 Å². The third kappa shape index (κ3) is 9.56. The molecule has 0 amide bonds. The molecule has 8 nitrogen and oxygen atoms in total. The Morgan fingerprint density at radius 3 is 2.17 bits per heavy atom. The lowest BCUT2D eigenvalue weighted by Crippen LogP contribution is -2.46. The van der Waals surface area contributed by atoms with Crippen molar-refractivity contribution in [1.82, 2.24) is 23.9 Å². The maximum atomic E-state index is 12.6. The Kier molecular flexibility index (Phi) is 12.1. The van der Waals surface area contributed by atoms with Crippen LogP contribution in [-0.2, 0) is 42.6 Å². The molecule has 7 rings (SSSR count). The molecular formula is C43H46Cl2N6O2S. The van der Waals surface area contributed by atoms with E-state index < -0.39 is 10.0 Å². The number of fused-ring (bicyclic) bond motifs is 1. The maximum absolute atomic E-state index is 12.6. The van der Waals surface area contributed by atoms with E-state index in [-0.39, 0.29) is 0 Å². The van der Waals surface area contributed by atoms with Gasteiger partial charge in [-0.3, -0.25) is 14.5 Å². The smallest absolute Gasteiger partial charge is 0.211 e. The van der Waals surface area contributed by atoms with Crippen LogP contribution in [0.5, 0.6) is 0 Å². The van der Waals surface area contributed by atoms with Crippen molar-refractivity contribution in [3.8, 4) is 23.1 Å². The number of rotatable bonds is 11. The lowest BCUT2D eigenvalue weighted by molar-refractivity contribution is 0.248. The van der Waals surface area contributed by atoms with E-state index in [2.05, 4.69) is 92.9 Å². The summed E-state index contributed by atoms with van der Waals surface area (Å²) in [5, 5.41) is 6.44. The number of halogens is 2. The Labute approximate surface area is 330 Å². The Balaban J connectivity index is 1.04. The Hall–Kier alpha value is -4.14. The summed E-state index contributed by atoms with van der Waals surface area (Å²) in [4.78, 5) is 7.24. The first-order chi connectivity index (χ1) is 26.1. The van der Waals surface area contributed by atoms with E-state index in [1.54, 1.807) is 4.31 Å². The zero-order valence-electron chi connectivity index (χ0n) is 30.9. The minimum atomic E-state index is -3.36. The zero-order valence-corrected chi connectivity index (χ0v) is 33.2. The Morgan fingerprint density at radius 1 is 0.796 bits per heavy atom. The van der Waals surface area contributed by atoms with Gasteiger partial charge in [-0.05, 0) is 73.1 Å². The number of aromatic nitrogens is 2. The third-order valence-corrected chi connectivity index (χ3v) is 12.1. The standard InChI is InChI=1S/C43H46Cl2N6O2S/c1-47(31-35-14-18-38(44)19-15-35)30-34-11-9-33(10-12-34)13-16-36-29-37(17-20-41(36)45)43-40-32-50(54(2,52)53)24-21-42(40)51(46-43)23-6-22-48-25-27-49(28-26-48)39-7-4-3-5-8-39/h3-5,7-12,14-15,17-20,29H,6,21-28,30-32H2,1-2H3. The summed E-state index contributed by atoms with van der Waals surface area (Å²) >= 11 is 12.7. The van der Waals surface area contributed by atoms with Crippen LogP contribution < -0.4 is 4.90 Å². The number of nitrogens with zero attached hydrogens (tertiary/aromatic N) is 6. The highest BCUT2D eigenvalue weighted by Gasteiger charge is 2.30. The molecule has 0 unspecified atom stereocenters. The summed E-state index contributed by atoms with van der Waals surface area (Å²) < 4.78 is 28.9. The molecule has 0 bridgehead atoms. The topological polar surface area (TPSA) is 64.9 Å². The van der Waals surface area contributed by atoms with Gasteiger partial charge < -0.3 is 4.90 Å². The first-order valence-corrected chi connectivity index (χ1v) is 21.1. The van der Waals surface area contributed by atoms with Crippen molar-refractivity contribution in [2.75, 3.05) is 57.5 Å². The van der Waals surface area contributed by atoms with Crippen LogP contribution in [-0.4, -0.2) is 84.9 Å². The summed E-state index contributed by atoms with van der Waals surface area (Å²) in [6.07, 6.45) is 2.86. The second-order valence-corrected chi connectivity index (χ2v) is 17.1. The van der Waals surface area contributed by atoms with Gasteiger partial charge in [-0.15, -0.1) is 0 Å². The molecule has 0 atom stereocenters. The van der Waals surface area contributed by atoms with Crippen molar-refractivity contribution >= 4 is 38.9 Å². The van der Waals surface area contributed by atoms with Gasteiger partial charge in [0.15, 0.2) is 0 Å². The molecule has 2 aliphatic rings. The average Bonchev–Trinajstić information content (AvgIpc) is 3.54. The predicted octanol–water partition coefficient (Wildman–Crippen LogP) is 7.42. The number of sulfonamides is 1. The van der Waals surface area contributed by atoms with Crippen molar-refractivity contribution in [2.45, 2.75) is 39.0 Å². The molecule has 0 N–H and O–H groups in total. The van der Waals surface area contributed by atoms with Crippen LogP contribution >= 0.6 is 23.2 Å². The van der Waals surface area contributed by atoms with Gasteiger partial charge in [-0.1, -0.05) is 83.6 Å². The molecule has 0 radical (unpaired) electrons. The first-order valence-electron chi connectivity index (χ1n) is 18.5. The minimum Gasteiger partial charge on any atom is -0.369 e. The lowest BCUT2D eigenvalue weighted by Gasteiger charge is -2.36. The predicted molar refractivity (Wildman–Crippen MR) is 220 cm³/mol. The van der Waals surface area contributed by atoms with Crippen LogP contribution in [0.1, 0.15) is 39.9 Å². The molecule has 2 aliphatic heterocycles. The Morgan fingerprint density at radius 2 is 1.48 bits per heavy atom. The van der Waals surface area contributed by atoms with Crippen LogP contribution in [0, 0.1) is 11.8 Å². The summed E-state index contributed by atoms with van der Waals surface area (Å²) in [5.74, 6) is 6.58. The monoisotopic (exact) mass is 780 g/mol. The molecule has 280 valence electrons. The van der Waals surface area contributed by atoms with Crippen molar-refractivity contribution < 1.29 is 8.42 Å². The van der Waals surface area contributed by atoms with Crippen molar-refractivity contribution in [3.05, 3.63) is 141 Å². The molecule has 1 fully saturated rings. The number of benzene rings is 4. The highest BCUT2D eigenvalue weighted by Crippen LogP contribution is 2.33. The number of hydrogen-bond donors (Lipinski definition) is 0. The molecule has 3 heterocycles. The normalized spacial score (nSPS) is 15.2. The van der Waals surface area contributed by atoms with E-state index in [1.807, 2.05) is 42.5 Å². The van der Waals surface area contributed by atoms with Crippen molar-refractivity contribution in [1.29, 1.82) is 0 Å². The van der Waals surface area contributed by atoms with Gasteiger partial charge in [-0.2, -0.15) is 9.40 Å². The van der Waals surface area contributed by atoms with Gasteiger partial charge in [0, 0.05) is 111 Å². The van der Waals surface area contributed by atoms with E-state index in [0.29, 0.717) is 30.1 Å². The van der Waals surface area contributed by atoms with Gasteiger partial charge >= 0.3 is 0 Å². The van der Waals surface area contributed by atoms with Crippen molar-refractivity contribution in [3.63, 3.8) is 0 Å². The fourth-order valence-electron chi connectivity index (χ4n) is 7.35. The SMILES string of the molecule is CN(Cc1ccc(Cl)cc1)Cc1ccc(C#Cc2cc(-c3nn(CCCN4CCN(c5ccccc5)CC4)c4c3CN(S(C)(=O)=O)CC4)ccc2Cl)cc1. The summed E-state index contributed by atoms with van der Waals surface area (Å²) in [6, 6.07) is 32.7. The van der Waals surface area contributed by atoms with Gasteiger partial charge in [0.2, 0.25) is 10.0 Å². The second-order valence-electron chi connectivity index (χ2n) is 14.3. The average molecular weight is 782 g/mol. The largest absolute Gasteiger partial charge is 0.369 e. The highest BCUT2D eigenvalue weighted by molar-refractivity contribution is 7.88. The quantitative estimate of drug-likeness (QED) is 0.130. The van der Waals surface area contributed by atoms with Crippen LogP contribution in [0.4, 0.5) is 5.69 Å². The van der Waals surface area contributed by atoms with Crippen LogP contribution in [0.3, 0.4) is 0 Å². The number of hydrogen-bond acceptors (Lipinski definition) is 6. The number of piperazine rings is 1. The minimum absolute atomic E-state index is 0.301. The molecule has 1 aromatic heterocycles. The molecule has 11 heteroatoms. The van der Waals surface area contributed by atoms with Crippen LogP contribution in [0.2, 0.25) is 10.0 Å². The van der Waals surface area contributed by atoms with Crippen molar-refractivity contribution in [2.24, 2.45) is 0 Å². The molecule has 5 aromatic rings. The molecule has 0 saturated carbocycles. The third-order valence-electron chi connectivity index (χ3n) is 10.3. The first kappa shape index (κ1) is 38.1. The molecule has 0 aliphatic carbocycles.